The normalized spacial score (nSPS) is 10.5. The first-order valence-electron chi connectivity index (χ1n) is 8.19. The van der Waals surface area contributed by atoms with Crippen molar-refractivity contribution in [3.8, 4) is 0 Å². The molecule has 0 fully saturated rings. The Morgan fingerprint density at radius 3 is 2.50 bits per heavy atom. The minimum atomic E-state index is -0.226. The average molecular weight is 389 g/mol. The van der Waals surface area contributed by atoms with Gasteiger partial charge in [-0.25, -0.2) is 4.79 Å². The van der Waals surface area contributed by atoms with Crippen LogP contribution in [-0.4, -0.2) is 17.5 Å². The SMILES string of the molecule is O=C(Nc1ccc(Cl)c(Cl)c1)N(CCc1ccccc1)Cc1ccco1. The first-order chi connectivity index (χ1) is 12.6. The van der Waals surface area contributed by atoms with Gasteiger partial charge < -0.3 is 14.6 Å². The van der Waals surface area contributed by atoms with E-state index in [1.807, 2.05) is 42.5 Å². The zero-order chi connectivity index (χ0) is 18.4. The third kappa shape index (κ3) is 5.04. The van der Waals surface area contributed by atoms with E-state index in [9.17, 15) is 4.79 Å². The molecule has 26 heavy (non-hydrogen) atoms. The van der Waals surface area contributed by atoms with Gasteiger partial charge in [0.15, 0.2) is 0 Å². The Kier molecular flexibility index (Phi) is 6.21. The van der Waals surface area contributed by atoms with Crippen LogP contribution in [-0.2, 0) is 13.0 Å². The molecule has 0 spiro atoms. The Morgan fingerprint density at radius 1 is 1.00 bits per heavy atom. The molecule has 1 aromatic heterocycles. The number of hydrogen-bond donors (Lipinski definition) is 1. The van der Waals surface area contributed by atoms with Crippen molar-refractivity contribution >= 4 is 34.9 Å². The summed E-state index contributed by atoms with van der Waals surface area (Å²) in [5, 5.41) is 3.70. The molecule has 0 radical (unpaired) electrons. The van der Waals surface area contributed by atoms with Gasteiger partial charge in [-0.1, -0.05) is 53.5 Å². The van der Waals surface area contributed by atoms with Gasteiger partial charge in [0.1, 0.15) is 5.76 Å². The molecule has 134 valence electrons. The fraction of sp³-hybridized carbons (Fsp3) is 0.150. The van der Waals surface area contributed by atoms with Gasteiger partial charge in [-0.3, -0.25) is 0 Å². The van der Waals surface area contributed by atoms with Crippen molar-refractivity contribution in [1.82, 2.24) is 4.90 Å². The van der Waals surface area contributed by atoms with Crippen LogP contribution in [0.1, 0.15) is 11.3 Å². The molecule has 0 atom stereocenters. The fourth-order valence-electron chi connectivity index (χ4n) is 2.53. The predicted octanol–water partition coefficient (Wildman–Crippen LogP) is 5.86. The topological polar surface area (TPSA) is 45.5 Å². The molecular formula is C20H18Cl2N2O2. The van der Waals surface area contributed by atoms with Crippen LogP contribution in [0, 0.1) is 0 Å². The number of hydrogen-bond acceptors (Lipinski definition) is 2. The van der Waals surface area contributed by atoms with Crippen molar-refractivity contribution in [3.63, 3.8) is 0 Å². The minimum absolute atomic E-state index is 0.226. The summed E-state index contributed by atoms with van der Waals surface area (Å²) in [4.78, 5) is 14.5. The summed E-state index contributed by atoms with van der Waals surface area (Å²) in [6, 6.07) is 18.5. The molecule has 3 rings (SSSR count). The van der Waals surface area contributed by atoms with Crippen molar-refractivity contribution in [2.24, 2.45) is 0 Å². The van der Waals surface area contributed by atoms with E-state index in [0.29, 0.717) is 28.8 Å². The standard InChI is InChI=1S/C20H18Cl2N2O2/c21-18-9-8-16(13-19(18)22)23-20(25)24(14-17-7-4-12-26-17)11-10-15-5-2-1-3-6-15/h1-9,12-13H,10-11,14H2,(H,23,25). The number of rotatable bonds is 6. The van der Waals surface area contributed by atoms with Crippen LogP contribution in [0.15, 0.2) is 71.3 Å². The van der Waals surface area contributed by atoms with E-state index in [0.717, 1.165) is 12.2 Å². The smallest absolute Gasteiger partial charge is 0.322 e. The number of nitrogens with one attached hydrogen (secondary N) is 1. The van der Waals surface area contributed by atoms with E-state index in [1.54, 1.807) is 29.4 Å². The van der Waals surface area contributed by atoms with Crippen LogP contribution >= 0.6 is 23.2 Å². The average Bonchev–Trinajstić information content (AvgIpc) is 3.15. The van der Waals surface area contributed by atoms with Crippen molar-refractivity contribution < 1.29 is 9.21 Å². The summed E-state index contributed by atoms with van der Waals surface area (Å²) in [5.41, 5.74) is 1.76. The number of urea groups is 1. The number of benzene rings is 2. The Morgan fingerprint density at radius 2 is 1.81 bits per heavy atom. The van der Waals surface area contributed by atoms with E-state index in [2.05, 4.69) is 5.32 Å². The minimum Gasteiger partial charge on any atom is -0.467 e. The lowest BCUT2D eigenvalue weighted by atomic mass is 10.1. The van der Waals surface area contributed by atoms with Crippen LogP contribution in [0.3, 0.4) is 0 Å². The maximum absolute atomic E-state index is 12.8. The van der Waals surface area contributed by atoms with E-state index in [-0.39, 0.29) is 6.03 Å². The van der Waals surface area contributed by atoms with Gasteiger partial charge >= 0.3 is 6.03 Å². The third-order valence-electron chi connectivity index (χ3n) is 3.90. The highest BCUT2D eigenvalue weighted by atomic mass is 35.5. The highest BCUT2D eigenvalue weighted by Crippen LogP contribution is 2.25. The molecular weight excluding hydrogens is 371 g/mol. The van der Waals surface area contributed by atoms with Crippen LogP contribution in [0.2, 0.25) is 10.0 Å². The lowest BCUT2D eigenvalue weighted by Gasteiger charge is -2.22. The van der Waals surface area contributed by atoms with Crippen molar-refractivity contribution in [1.29, 1.82) is 0 Å². The van der Waals surface area contributed by atoms with Gasteiger partial charge in [0, 0.05) is 12.2 Å². The van der Waals surface area contributed by atoms with Crippen LogP contribution in [0.4, 0.5) is 10.5 Å². The van der Waals surface area contributed by atoms with Gasteiger partial charge in [0.25, 0.3) is 0 Å². The first kappa shape index (κ1) is 18.4. The van der Waals surface area contributed by atoms with Crippen LogP contribution in [0.25, 0.3) is 0 Å². The second-order valence-corrected chi connectivity index (χ2v) is 6.61. The second-order valence-electron chi connectivity index (χ2n) is 5.80. The number of halogens is 2. The lowest BCUT2D eigenvalue weighted by molar-refractivity contribution is 0.205. The maximum Gasteiger partial charge on any atom is 0.322 e. The highest BCUT2D eigenvalue weighted by molar-refractivity contribution is 6.42. The molecule has 0 aliphatic rings. The Labute approximate surface area is 162 Å². The first-order valence-corrected chi connectivity index (χ1v) is 8.95. The van der Waals surface area contributed by atoms with Crippen molar-refractivity contribution in [3.05, 3.63) is 88.3 Å². The molecule has 0 unspecified atom stereocenters. The Balaban J connectivity index is 1.70. The van der Waals surface area contributed by atoms with Crippen LogP contribution in [0.5, 0.6) is 0 Å². The summed E-state index contributed by atoms with van der Waals surface area (Å²) in [6.45, 7) is 0.935. The largest absolute Gasteiger partial charge is 0.467 e. The molecule has 4 nitrogen and oxygen atoms in total. The molecule has 2 amide bonds. The Hall–Kier alpha value is -2.43. The number of amides is 2. The summed E-state index contributed by atoms with van der Waals surface area (Å²) < 4.78 is 5.39. The lowest BCUT2D eigenvalue weighted by Crippen LogP contribution is -2.36. The summed E-state index contributed by atoms with van der Waals surface area (Å²) >= 11 is 11.9. The summed E-state index contributed by atoms with van der Waals surface area (Å²) in [7, 11) is 0. The van der Waals surface area contributed by atoms with Gasteiger partial charge in [-0.2, -0.15) is 0 Å². The quantitative estimate of drug-likeness (QED) is 0.574. The van der Waals surface area contributed by atoms with Gasteiger partial charge in [-0.05, 0) is 42.3 Å². The molecule has 0 aliphatic carbocycles. The molecule has 0 saturated heterocycles. The van der Waals surface area contributed by atoms with Gasteiger partial charge in [0.05, 0.1) is 22.9 Å². The van der Waals surface area contributed by atoms with Gasteiger partial charge in [0.2, 0.25) is 0 Å². The monoisotopic (exact) mass is 388 g/mol. The summed E-state index contributed by atoms with van der Waals surface area (Å²) in [5.74, 6) is 0.724. The molecule has 1 heterocycles. The number of carbonyl (C=O) groups is 1. The number of anilines is 1. The van der Waals surface area contributed by atoms with E-state index in [4.69, 9.17) is 27.6 Å². The van der Waals surface area contributed by atoms with Crippen molar-refractivity contribution in [2.45, 2.75) is 13.0 Å². The molecule has 0 bridgehead atoms. The third-order valence-corrected chi connectivity index (χ3v) is 4.64. The zero-order valence-electron chi connectivity index (χ0n) is 14.0. The van der Waals surface area contributed by atoms with Crippen LogP contribution < -0.4 is 5.32 Å². The second kappa shape index (κ2) is 8.79. The Bertz CT molecular complexity index is 852. The molecule has 2 aromatic carbocycles. The van der Waals surface area contributed by atoms with Gasteiger partial charge in [-0.15, -0.1) is 0 Å². The fourth-order valence-corrected chi connectivity index (χ4v) is 2.83. The number of carbonyl (C=O) groups excluding carboxylic acids is 1. The van der Waals surface area contributed by atoms with E-state index >= 15 is 0 Å². The molecule has 1 N–H and O–H groups in total. The van der Waals surface area contributed by atoms with E-state index in [1.165, 1.54) is 5.56 Å². The highest BCUT2D eigenvalue weighted by Gasteiger charge is 2.16. The summed E-state index contributed by atoms with van der Waals surface area (Å²) in [6.07, 6.45) is 2.35. The number of nitrogens with zero attached hydrogens (tertiary/aromatic N) is 1. The molecule has 6 heteroatoms. The van der Waals surface area contributed by atoms with Crippen molar-refractivity contribution in [2.75, 3.05) is 11.9 Å². The predicted molar refractivity (Wildman–Crippen MR) is 105 cm³/mol. The zero-order valence-corrected chi connectivity index (χ0v) is 15.5. The maximum atomic E-state index is 12.8. The molecule has 3 aromatic rings. The molecule has 0 aliphatic heterocycles. The molecule has 0 saturated carbocycles. The number of furan rings is 1. The van der Waals surface area contributed by atoms with E-state index < -0.39 is 0 Å².